The van der Waals surface area contributed by atoms with Crippen molar-refractivity contribution in [1.82, 2.24) is 4.98 Å². The number of anilines is 1. The molecule has 0 bridgehead atoms. The van der Waals surface area contributed by atoms with Crippen LogP contribution >= 0.6 is 23.2 Å². The van der Waals surface area contributed by atoms with Crippen molar-refractivity contribution in [3.05, 3.63) is 51.8 Å². The van der Waals surface area contributed by atoms with Crippen molar-refractivity contribution in [2.45, 2.75) is 13.5 Å². The van der Waals surface area contributed by atoms with Gasteiger partial charge in [0.1, 0.15) is 5.75 Å². The van der Waals surface area contributed by atoms with E-state index in [0.717, 1.165) is 16.9 Å². The van der Waals surface area contributed by atoms with Crippen molar-refractivity contribution < 1.29 is 5.11 Å². The van der Waals surface area contributed by atoms with Crippen molar-refractivity contribution in [2.24, 2.45) is 0 Å². The molecule has 0 aliphatic rings. The van der Waals surface area contributed by atoms with E-state index in [4.69, 9.17) is 28.3 Å². The third-order valence-electron chi connectivity index (χ3n) is 2.52. The molecule has 0 aliphatic carbocycles. The van der Waals surface area contributed by atoms with E-state index < -0.39 is 0 Å². The largest absolute Gasteiger partial charge is 0.506 e. The highest BCUT2D eigenvalue weighted by molar-refractivity contribution is 6.35. The zero-order valence-electron chi connectivity index (χ0n) is 9.74. The van der Waals surface area contributed by atoms with E-state index in [1.807, 2.05) is 13.0 Å². The maximum atomic E-state index is 9.13. The summed E-state index contributed by atoms with van der Waals surface area (Å²) in [4.78, 5) is 4.07. The molecule has 18 heavy (non-hydrogen) atoms. The number of halogens is 2. The Morgan fingerprint density at radius 1 is 1.22 bits per heavy atom. The summed E-state index contributed by atoms with van der Waals surface area (Å²) >= 11 is 12.2. The van der Waals surface area contributed by atoms with Crippen LogP contribution in [0.25, 0.3) is 0 Å². The fourth-order valence-corrected chi connectivity index (χ4v) is 1.94. The number of aromatic hydroxyl groups is 1. The van der Waals surface area contributed by atoms with E-state index in [9.17, 15) is 0 Å². The Morgan fingerprint density at radius 3 is 2.67 bits per heavy atom. The first-order chi connectivity index (χ1) is 8.56. The smallest absolute Gasteiger partial charge is 0.133 e. The summed E-state index contributed by atoms with van der Waals surface area (Å²) in [7, 11) is 0. The number of hydrogen-bond donors (Lipinski definition) is 2. The molecule has 2 rings (SSSR count). The molecule has 1 heterocycles. The highest BCUT2D eigenvalue weighted by atomic mass is 35.5. The van der Waals surface area contributed by atoms with Crippen LogP contribution in [0, 0.1) is 6.92 Å². The zero-order chi connectivity index (χ0) is 13.1. The number of pyridine rings is 1. The van der Waals surface area contributed by atoms with Crippen molar-refractivity contribution in [2.75, 3.05) is 5.32 Å². The fraction of sp³-hybridized carbons (Fsp3) is 0.154. The van der Waals surface area contributed by atoms with Gasteiger partial charge in [-0.25, -0.2) is 0 Å². The SMILES string of the molecule is Cc1cc(Cl)c(NCc2ccc(O)cn2)cc1Cl. The molecule has 0 saturated carbocycles. The van der Waals surface area contributed by atoms with Crippen LogP contribution in [0.2, 0.25) is 10.0 Å². The first-order valence-electron chi connectivity index (χ1n) is 5.39. The van der Waals surface area contributed by atoms with Gasteiger partial charge in [0.05, 0.1) is 29.1 Å². The molecule has 1 aromatic heterocycles. The summed E-state index contributed by atoms with van der Waals surface area (Å²) in [6, 6.07) is 6.94. The molecule has 0 aliphatic heterocycles. The summed E-state index contributed by atoms with van der Waals surface area (Å²) in [5.41, 5.74) is 2.51. The van der Waals surface area contributed by atoms with Crippen molar-refractivity contribution in [3.63, 3.8) is 0 Å². The zero-order valence-corrected chi connectivity index (χ0v) is 11.3. The third kappa shape index (κ3) is 3.06. The van der Waals surface area contributed by atoms with Crippen molar-refractivity contribution in [3.8, 4) is 5.75 Å². The standard InChI is InChI=1S/C13H12Cl2N2O/c1-8-4-12(15)13(5-11(8)14)17-6-9-2-3-10(18)7-16-9/h2-5,7,17-18H,6H2,1H3. The highest BCUT2D eigenvalue weighted by Crippen LogP contribution is 2.29. The lowest BCUT2D eigenvalue weighted by atomic mass is 10.2. The average Bonchev–Trinajstić information content (AvgIpc) is 2.34. The Balaban J connectivity index is 2.10. The van der Waals surface area contributed by atoms with Gasteiger partial charge in [-0.15, -0.1) is 0 Å². The van der Waals surface area contributed by atoms with Gasteiger partial charge >= 0.3 is 0 Å². The molecular weight excluding hydrogens is 271 g/mol. The quantitative estimate of drug-likeness (QED) is 0.894. The molecule has 0 atom stereocenters. The Kier molecular flexibility index (Phi) is 3.94. The predicted octanol–water partition coefficient (Wildman–Crippen LogP) is 4.01. The molecule has 0 saturated heterocycles. The van der Waals surface area contributed by atoms with Gasteiger partial charge in [-0.1, -0.05) is 23.2 Å². The maximum absolute atomic E-state index is 9.13. The number of benzene rings is 1. The number of nitrogens with one attached hydrogen (secondary N) is 1. The predicted molar refractivity (Wildman–Crippen MR) is 74.4 cm³/mol. The number of aromatic nitrogens is 1. The number of nitrogens with zero attached hydrogens (tertiary/aromatic N) is 1. The summed E-state index contributed by atoms with van der Waals surface area (Å²) in [5.74, 6) is 0.148. The molecule has 1 aromatic carbocycles. The second-order valence-electron chi connectivity index (χ2n) is 3.94. The van der Waals surface area contributed by atoms with Crippen LogP contribution in [0.4, 0.5) is 5.69 Å². The number of aryl methyl sites for hydroxylation is 1. The number of rotatable bonds is 3. The van der Waals surface area contributed by atoms with E-state index in [1.165, 1.54) is 6.20 Å². The molecule has 3 nitrogen and oxygen atoms in total. The van der Waals surface area contributed by atoms with Crippen LogP contribution in [-0.4, -0.2) is 10.1 Å². The summed E-state index contributed by atoms with van der Waals surface area (Å²) in [6.45, 7) is 2.42. The first-order valence-corrected chi connectivity index (χ1v) is 6.15. The molecule has 0 amide bonds. The van der Waals surface area contributed by atoms with Crippen LogP contribution in [0.3, 0.4) is 0 Å². The van der Waals surface area contributed by atoms with E-state index in [1.54, 1.807) is 18.2 Å². The lowest BCUT2D eigenvalue weighted by Gasteiger charge is -2.10. The van der Waals surface area contributed by atoms with Gasteiger partial charge in [0.25, 0.3) is 0 Å². The summed E-state index contributed by atoms with van der Waals surface area (Å²) in [6.07, 6.45) is 1.40. The topological polar surface area (TPSA) is 45.1 Å². The minimum absolute atomic E-state index is 0.148. The molecule has 94 valence electrons. The van der Waals surface area contributed by atoms with Gasteiger partial charge in [0.2, 0.25) is 0 Å². The average molecular weight is 283 g/mol. The second kappa shape index (κ2) is 5.46. The highest BCUT2D eigenvalue weighted by Gasteiger charge is 2.04. The minimum Gasteiger partial charge on any atom is -0.506 e. The van der Waals surface area contributed by atoms with E-state index in [-0.39, 0.29) is 5.75 Å². The van der Waals surface area contributed by atoms with E-state index in [2.05, 4.69) is 10.3 Å². The lowest BCUT2D eigenvalue weighted by molar-refractivity contribution is 0.472. The minimum atomic E-state index is 0.148. The molecule has 2 N–H and O–H groups in total. The molecule has 5 heteroatoms. The summed E-state index contributed by atoms with van der Waals surface area (Å²) in [5, 5.41) is 13.6. The Hall–Kier alpha value is -1.45. The third-order valence-corrected chi connectivity index (χ3v) is 3.24. The van der Waals surface area contributed by atoms with Crippen LogP contribution in [0.15, 0.2) is 30.5 Å². The maximum Gasteiger partial charge on any atom is 0.133 e. The molecule has 0 fully saturated rings. The monoisotopic (exact) mass is 282 g/mol. The Bertz CT molecular complexity index is 556. The fourth-order valence-electron chi connectivity index (χ4n) is 1.49. The molecule has 0 radical (unpaired) electrons. The molecule has 0 spiro atoms. The second-order valence-corrected chi connectivity index (χ2v) is 4.76. The normalized spacial score (nSPS) is 10.4. The van der Waals surface area contributed by atoms with E-state index in [0.29, 0.717) is 16.6 Å². The van der Waals surface area contributed by atoms with Gasteiger partial charge in [-0.2, -0.15) is 0 Å². The van der Waals surface area contributed by atoms with Crippen LogP contribution in [-0.2, 0) is 6.54 Å². The lowest BCUT2D eigenvalue weighted by Crippen LogP contribution is -2.02. The van der Waals surface area contributed by atoms with Crippen LogP contribution in [0.1, 0.15) is 11.3 Å². The summed E-state index contributed by atoms with van der Waals surface area (Å²) < 4.78 is 0. The van der Waals surface area contributed by atoms with Crippen molar-refractivity contribution in [1.29, 1.82) is 0 Å². The van der Waals surface area contributed by atoms with Crippen molar-refractivity contribution >= 4 is 28.9 Å². The Morgan fingerprint density at radius 2 is 2.00 bits per heavy atom. The molecule has 0 unspecified atom stereocenters. The van der Waals surface area contributed by atoms with Gasteiger partial charge in [-0.05, 0) is 36.8 Å². The van der Waals surface area contributed by atoms with Gasteiger partial charge in [0.15, 0.2) is 0 Å². The van der Waals surface area contributed by atoms with E-state index >= 15 is 0 Å². The number of hydrogen-bond acceptors (Lipinski definition) is 3. The van der Waals surface area contributed by atoms with Gasteiger partial charge < -0.3 is 10.4 Å². The Labute approximate surface area is 115 Å². The molecule has 2 aromatic rings. The molecular formula is C13H12Cl2N2O. The van der Waals surface area contributed by atoms with Gasteiger partial charge in [0, 0.05) is 5.02 Å². The van der Waals surface area contributed by atoms with Crippen LogP contribution < -0.4 is 5.32 Å². The van der Waals surface area contributed by atoms with Gasteiger partial charge in [-0.3, -0.25) is 4.98 Å². The van der Waals surface area contributed by atoms with Crippen LogP contribution in [0.5, 0.6) is 5.75 Å². The first kappa shape index (κ1) is 13.0.